The Balaban J connectivity index is 1.56. The third kappa shape index (κ3) is 3.60. The summed E-state index contributed by atoms with van der Waals surface area (Å²) in [6.45, 7) is 3.29. The van der Waals surface area contributed by atoms with Crippen molar-refractivity contribution in [2.75, 3.05) is 24.5 Å². The highest BCUT2D eigenvalue weighted by molar-refractivity contribution is 7.89. The van der Waals surface area contributed by atoms with Crippen LogP contribution in [0.4, 0.5) is 10.5 Å². The maximum atomic E-state index is 13.3. The first-order valence-electron chi connectivity index (χ1n) is 10.0. The van der Waals surface area contributed by atoms with Gasteiger partial charge in [-0.3, -0.25) is 4.90 Å². The van der Waals surface area contributed by atoms with Crippen LogP contribution >= 0.6 is 0 Å². The van der Waals surface area contributed by atoms with Crippen LogP contribution in [0, 0.1) is 0 Å². The van der Waals surface area contributed by atoms with Gasteiger partial charge in [-0.1, -0.05) is 37.3 Å². The van der Waals surface area contributed by atoms with E-state index in [4.69, 9.17) is 5.73 Å². The SMILES string of the molecule is CCCNC(=O)N1CCc2cc(S(=O)(=O)N3CC(c4ccccc4)N=C3N)ccc21. The molecule has 2 aromatic carbocycles. The average Bonchev–Trinajstić information content (AvgIpc) is 3.36. The van der Waals surface area contributed by atoms with E-state index in [9.17, 15) is 13.2 Å². The lowest BCUT2D eigenvalue weighted by atomic mass is 10.1. The maximum Gasteiger partial charge on any atom is 0.321 e. The number of benzene rings is 2. The van der Waals surface area contributed by atoms with Crippen LogP contribution in [0.15, 0.2) is 58.4 Å². The molecular weight excluding hydrogens is 402 g/mol. The van der Waals surface area contributed by atoms with Gasteiger partial charge in [-0.2, -0.15) is 0 Å². The molecule has 2 amide bonds. The molecule has 3 N–H and O–H groups in total. The fraction of sp³-hybridized carbons (Fsp3) is 0.333. The quantitative estimate of drug-likeness (QED) is 0.763. The third-order valence-corrected chi connectivity index (χ3v) is 7.14. The molecule has 8 nitrogen and oxygen atoms in total. The lowest BCUT2D eigenvalue weighted by Crippen LogP contribution is -2.39. The Hall–Kier alpha value is -3.07. The number of sulfonamides is 1. The smallest absolute Gasteiger partial charge is 0.321 e. The number of anilines is 1. The number of aliphatic imine (C=N–C) groups is 1. The Labute approximate surface area is 176 Å². The van der Waals surface area contributed by atoms with E-state index in [2.05, 4.69) is 10.3 Å². The van der Waals surface area contributed by atoms with Crippen molar-refractivity contribution in [3.8, 4) is 0 Å². The van der Waals surface area contributed by atoms with E-state index in [0.717, 1.165) is 27.5 Å². The monoisotopic (exact) mass is 427 g/mol. The van der Waals surface area contributed by atoms with Gasteiger partial charge in [0, 0.05) is 18.8 Å². The van der Waals surface area contributed by atoms with Gasteiger partial charge < -0.3 is 11.1 Å². The second-order valence-electron chi connectivity index (χ2n) is 7.37. The summed E-state index contributed by atoms with van der Waals surface area (Å²) in [5.74, 6) is -0.00933. The fourth-order valence-electron chi connectivity index (χ4n) is 3.80. The maximum absolute atomic E-state index is 13.3. The molecule has 30 heavy (non-hydrogen) atoms. The summed E-state index contributed by atoms with van der Waals surface area (Å²) >= 11 is 0. The first kappa shape index (κ1) is 20.2. The molecule has 9 heteroatoms. The molecule has 0 aromatic heterocycles. The average molecular weight is 428 g/mol. The summed E-state index contributed by atoms with van der Waals surface area (Å²) in [7, 11) is -3.84. The number of nitrogens with one attached hydrogen (secondary N) is 1. The molecule has 0 aliphatic carbocycles. The molecule has 0 radical (unpaired) electrons. The number of amides is 2. The number of carbonyl (C=O) groups excluding carboxylic acids is 1. The van der Waals surface area contributed by atoms with Gasteiger partial charge in [0.15, 0.2) is 0 Å². The summed E-state index contributed by atoms with van der Waals surface area (Å²) < 4.78 is 27.7. The van der Waals surface area contributed by atoms with Crippen LogP contribution in [-0.2, 0) is 16.4 Å². The van der Waals surface area contributed by atoms with E-state index in [1.807, 2.05) is 37.3 Å². The number of carbonyl (C=O) groups is 1. The van der Waals surface area contributed by atoms with Crippen molar-refractivity contribution >= 4 is 27.7 Å². The summed E-state index contributed by atoms with van der Waals surface area (Å²) in [6.07, 6.45) is 1.46. The van der Waals surface area contributed by atoms with Crippen LogP contribution in [0.1, 0.15) is 30.5 Å². The Morgan fingerprint density at radius 2 is 2.00 bits per heavy atom. The molecule has 0 bridgehead atoms. The van der Waals surface area contributed by atoms with Crippen LogP contribution in [0.2, 0.25) is 0 Å². The first-order chi connectivity index (χ1) is 14.4. The number of fused-ring (bicyclic) bond motifs is 1. The van der Waals surface area contributed by atoms with Crippen LogP contribution < -0.4 is 16.0 Å². The Morgan fingerprint density at radius 1 is 1.23 bits per heavy atom. The number of hydrogen-bond acceptors (Lipinski definition) is 5. The molecule has 0 saturated heterocycles. The number of urea groups is 1. The molecule has 2 heterocycles. The highest BCUT2D eigenvalue weighted by atomic mass is 32.2. The minimum Gasteiger partial charge on any atom is -0.369 e. The largest absolute Gasteiger partial charge is 0.369 e. The number of rotatable bonds is 5. The minimum atomic E-state index is -3.84. The van der Waals surface area contributed by atoms with Crippen molar-refractivity contribution in [1.29, 1.82) is 0 Å². The molecular formula is C21H25N5O3S. The molecule has 0 saturated carbocycles. The second kappa shape index (κ2) is 7.98. The van der Waals surface area contributed by atoms with Gasteiger partial charge in [0.1, 0.15) is 0 Å². The molecule has 158 valence electrons. The highest BCUT2D eigenvalue weighted by Gasteiger charge is 2.35. The van der Waals surface area contributed by atoms with Crippen LogP contribution in [0.3, 0.4) is 0 Å². The van der Waals surface area contributed by atoms with Crippen molar-refractivity contribution in [2.45, 2.75) is 30.7 Å². The van der Waals surface area contributed by atoms with Crippen LogP contribution in [-0.4, -0.2) is 44.3 Å². The summed E-state index contributed by atoms with van der Waals surface area (Å²) in [5.41, 5.74) is 8.48. The third-order valence-electron chi connectivity index (χ3n) is 5.37. The zero-order chi connectivity index (χ0) is 21.3. The predicted molar refractivity (Wildman–Crippen MR) is 116 cm³/mol. The molecule has 2 aliphatic rings. The van der Waals surface area contributed by atoms with Gasteiger partial charge in [-0.15, -0.1) is 0 Å². The summed E-state index contributed by atoms with van der Waals surface area (Å²) in [6, 6.07) is 13.9. The Morgan fingerprint density at radius 3 is 2.73 bits per heavy atom. The van der Waals surface area contributed by atoms with Crippen molar-refractivity contribution in [3.63, 3.8) is 0 Å². The molecule has 4 rings (SSSR count). The van der Waals surface area contributed by atoms with Gasteiger partial charge >= 0.3 is 6.03 Å². The second-order valence-corrected chi connectivity index (χ2v) is 9.24. The lowest BCUT2D eigenvalue weighted by molar-refractivity contribution is 0.247. The summed E-state index contributed by atoms with van der Waals surface area (Å²) in [5, 5.41) is 2.86. The Kier molecular flexibility index (Phi) is 5.38. The topological polar surface area (TPSA) is 108 Å². The van der Waals surface area contributed by atoms with E-state index in [0.29, 0.717) is 19.5 Å². The minimum absolute atomic E-state index is 0.00933. The van der Waals surface area contributed by atoms with Gasteiger partial charge in [0.05, 0.1) is 17.5 Å². The number of guanidine groups is 1. The number of hydrogen-bond donors (Lipinski definition) is 2. The predicted octanol–water partition coefficient (Wildman–Crippen LogP) is 2.23. The first-order valence-corrected chi connectivity index (χ1v) is 11.4. The lowest BCUT2D eigenvalue weighted by Gasteiger charge is -2.20. The molecule has 0 spiro atoms. The van der Waals surface area contributed by atoms with Gasteiger partial charge in [0.25, 0.3) is 10.0 Å². The van der Waals surface area contributed by atoms with Crippen molar-refractivity contribution in [3.05, 3.63) is 59.7 Å². The molecule has 2 aromatic rings. The van der Waals surface area contributed by atoms with E-state index in [1.165, 1.54) is 6.07 Å². The Bertz CT molecular complexity index is 1090. The fourth-order valence-corrected chi connectivity index (χ4v) is 5.21. The molecule has 1 atom stereocenters. The van der Waals surface area contributed by atoms with Gasteiger partial charge in [0.2, 0.25) is 5.96 Å². The van der Waals surface area contributed by atoms with E-state index < -0.39 is 10.0 Å². The number of nitrogens with zero attached hydrogens (tertiary/aromatic N) is 3. The van der Waals surface area contributed by atoms with E-state index in [1.54, 1.807) is 17.0 Å². The van der Waals surface area contributed by atoms with E-state index >= 15 is 0 Å². The zero-order valence-electron chi connectivity index (χ0n) is 16.8. The van der Waals surface area contributed by atoms with Crippen LogP contribution in [0.5, 0.6) is 0 Å². The van der Waals surface area contributed by atoms with E-state index in [-0.39, 0.29) is 29.5 Å². The van der Waals surface area contributed by atoms with Crippen molar-refractivity contribution < 1.29 is 13.2 Å². The summed E-state index contributed by atoms with van der Waals surface area (Å²) in [4.78, 5) is 18.5. The molecule has 0 fully saturated rings. The van der Waals surface area contributed by atoms with Gasteiger partial charge in [-0.25, -0.2) is 22.5 Å². The van der Waals surface area contributed by atoms with Crippen LogP contribution in [0.25, 0.3) is 0 Å². The standard InChI is InChI=1S/C21H25N5O3S/c1-2-11-23-21(27)25-12-10-16-13-17(8-9-19(16)25)30(28,29)26-14-18(24-20(26)22)15-6-4-3-5-7-15/h3-9,13,18H,2,10-12,14H2,1H3,(H2,22,24)(H,23,27). The van der Waals surface area contributed by atoms with Crippen molar-refractivity contribution in [1.82, 2.24) is 9.62 Å². The number of nitrogens with two attached hydrogens (primary N) is 1. The molecule has 2 aliphatic heterocycles. The van der Waals surface area contributed by atoms with Gasteiger partial charge in [-0.05, 0) is 42.2 Å². The van der Waals surface area contributed by atoms with Crippen molar-refractivity contribution in [2.24, 2.45) is 10.7 Å². The highest BCUT2D eigenvalue weighted by Crippen LogP contribution is 2.33. The molecule has 1 unspecified atom stereocenters. The normalized spacial score (nSPS) is 18.3. The zero-order valence-corrected chi connectivity index (χ0v) is 17.6.